The van der Waals surface area contributed by atoms with Gasteiger partial charge >= 0.3 is 6.36 Å². The summed E-state index contributed by atoms with van der Waals surface area (Å²) in [5, 5.41) is 11.2. The highest BCUT2D eigenvalue weighted by Gasteiger charge is 2.31. The van der Waals surface area contributed by atoms with E-state index in [0.29, 0.717) is 30.2 Å². The number of ether oxygens (including phenoxy) is 2. The highest BCUT2D eigenvalue weighted by atomic mass is 19.4. The fourth-order valence-electron chi connectivity index (χ4n) is 4.09. The molecule has 1 fully saturated rings. The number of amides is 1. The Morgan fingerprint density at radius 2 is 1.71 bits per heavy atom. The number of aromatic nitrogens is 2. The molecule has 1 amide bonds. The fraction of sp³-hybridized carbons (Fsp3) is 0.320. The first-order valence-corrected chi connectivity index (χ1v) is 11.1. The first-order chi connectivity index (χ1) is 16.6. The molecule has 2 atom stereocenters. The Labute approximate surface area is 200 Å². The van der Waals surface area contributed by atoms with Crippen molar-refractivity contribution >= 4 is 17.4 Å². The van der Waals surface area contributed by atoms with E-state index in [-0.39, 0.29) is 23.7 Å². The van der Waals surface area contributed by atoms with Gasteiger partial charge in [-0.1, -0.05) is 24.3 Å². The van der Waals surface area contributed by atoms with Crippen LogP contribution in [0.25, 0.3) is 11.1 Å². The summed E-state index contributed by atoms with van der Waals surface area (Å²) in [5.41, 5.74) is 2.93. The highest BCUT2D eigenvalue weighted by molar-refractivity contribution is 6.03. The van der Waals surface area contributed by atoms with Gasteiger partial charge in [0.15, 0.2) is 11.5 Å². The van der Waals surface area contributed by atoms with E-state index < -0.39 is 12.3 Å². The van der Waals surface area contributed by atoms with E-state index in [1.807, 2.05) is 26.8 Å². The van der Waals surface area contributed by atoms with Crippen molar-refractivity contribution < 1.29 is 27.4 Å². The zero-order valence-electron chi connectivity index (χ0n) is 19.5. The lowest BCUT2D eigenvalue weighted by Crippen LogP contribution is -2.46. The van der Waals surface area contributed by atoms with Crippen LogP contribution in [0.2, 0.25) is 0 Å². The summed E-state index contributed by atoms with van der Waals surface area (Å²) < 4.78 is 46.9. The molecule has 10 heteroatoms. The van der Waals surface area contributed by atoms with Crippen molar-refractivity contribution in [2.24, 2.45) is 0 Å². The van der Waals surface area contributed by atoms with Crippen LogP contribution in [0.4, 0.5) is 24.7 Å². The lowest BCUT2D eigenvalue weighted by atomic mass is 9.99. The van der Waals surface area contributed by atoms with Crippen molar-refractivity contribution in [3.8, 4) is 16.9 Å². The molecule has 7 nitrogen and oxygen atoms in total. The van der Waals surface area contributed by atoms with Crippen molar-refractivity contribution in [1.29, 1.82) is 0 Å². The number of hydrogen-bond donors (Lipinski definition) is 1. The van der Waals surface area contributed by atoms with Crippen LogP contribution in [0, 0.1) is 6.92 Å². The molecule has 35 heavy (non-hydrogen) atoms. The summed E-state index contributed by atoms with van der Waals surface area (Å²) in [6, 6.07) is 14.3. The maximum atomic E-state index is 12.8. The van der Waals surface area contributed by atoms with Crippen molar-refractivity contribution in [3.63, 3.8) is 0 Å². The molecule has 0 bridgehead atoms. The average Bonchev–Trinajstić information content (AvgIpc) is 2.79. The third-order valence-electron chi connectivity index (χ3n) is 5.61. The van der Waals surface area contributed by atoms with E-state index in [2.05, 4.69) is 25.2 Å². The predicted molar refractivity (Wildman–Crippen MR) is 126 cm³/mol. The van der Waals surface area contributed by atoms with E-state index in [9.17, 15) is 18.0 Å². The number of halogens is 3. The van der Waals surface area contributed by atoms with Gasteiger partial charge in [-0.3, -0.25) is 4.79 Å². The molecule has 1 aromatic heterocycles. The second-order valence-electron chi connectivity index (χ2n) is 8.44. The minimum atomic E-state index is -4.75. The maximum Gasteiger partial charge on any atom is 0.573 e. The minimum absolute atomic E-state index is 0.0761. The molecule has 0 aliphatic carbocycles. The second kappa shape index (κ2) is 9.91. The number of nitrogens with one attached hydrogen (secondary N) is 1. The molecule has 184 valence electrons. The van der Waals surface area contributed by atoms with Gasteiger partial charge in [0.1, 0.15) is 5.75 Å². The largest absolute Gasteiger partial charge is 0.573 e. The summed E-state index contributed by atoms with van der Waals surface area (Å²) in [7, 11) is 0. The van der Waals surface area contributed by atoms with E-state index in [4.69, 9.17) is 4.74 Å². The molecule has 4 rings (SSSR count). The quantitative estimate of drug-likeness (QED) is 0.533. The van der Waals surface area contributed by atoms with Crippen molar-refractivity contribution in [3.05, 3.63) is 65.9 Å². The second-order valence-corrected chi connectivity index (χ2v) is 8.44. The molecule has 1 aliphatic rings. The van der Waals surface area contributed by atoms with Crippen molar-refractivity contribution in [2.45, 2.75) is 39.3 Å². The molecule has 1 aliphatic heterocycles. The number of benzene rings is 2. The van der Waals surface area contributed by atoms with E-state index in [1.165, 1.54) is 24.3 Å². The van der Waals surface area contributed by atoms with Crippen LogP contribution < -0.4 is 15.0 Å². The molecule has 2 aromatic carbocycles. The minimum Gasteiger partial charge on any atom is -0.406 e. The summed E-state index contributed by atoms with van der Waals surface area (Å²) >= 11 is 0. The van der Waals surface area contributed by atoms with Gasteiger partial charge in [-0.25, -0.2) is 0 Å². The Hall–Kier alpha value is -3.66. The predicted octanol–water partition coefficient (Wildman–Crippen LogP) is 5.22. The molecule has 0 saturated carbocycles. The number of carbonyl (C=O) groups excluding carboxylic acids is 1. The lowest BCUT2D eigenvalue weighted by molar-refractivity contribution is -0.274. The third kappa shape index (κ3) is 6.07. The molecule has 0 radical (unpaired) electrons. The number of rotatable bonds is 5. The van der Waals surface area contributed by atoms with Crippen LogP contribution in [0.3, 0.4) is 0 Å². The zero-order valence-corrected chi connectivity index (χ0v) is 19.5. The first kappa shape index (κ1) is 24.5. The van der Waals surface area contributed by atoms with Crippen LogP contribution in [0.5, 0.6) is 5.75 Å². The zero-order chi connectivity index (χ0) is 25.2. The van der Waals surface area contributed by atoms with Crippen molar-refractivity contribution in [1.82, 2.24) is 10.2 Å². The van der Waals surface area contributed by atoms with Crippen LogP contribution in [0.15, 0.2) is 54.6 Å². The molecule has 1 saturated heterocycles. The van der Waals surface area contributed by atoms with Crippen LogP contribution in [-0.4, -0.2) is 47.8 Å². The molecule has 0 spiro atoms. The van der Waals surface area contributed by atoms with Crippen LogP contribution in [-0.2, 0) is 4.74 Å². The van der Waals surface area contributed by atoms with Gasteiger partial charge in [0.2, 0.25) is 0 Å². The third-order valence-corrected chi connectivity index (χ3v) is 5.61. The van der Waals surface area contributed by atoms with Gasteiger partial charge in [-0.05, 0) is 67.8 Å². The Morgan fingerprint density at radius 1 is 1.03 bits per heavy atom. The van der Waals surface area contributed by atoms with Gasteiger partial charge in [-0.2, -0.15) is 0 Å². The number of nitrogens with zero attached hydrogens (tertiary/aromatic N) is 3. The monoisotopic (exact) mass is 486 g/mol. The smallest absolute Gasteiger partial charge is 0.406 e. The van der Waals surface area contributed by atoms with Gasteiger partial charge in [0.05, 0.1) is 12.2 Å². The Balaban J connectivity index is 1.47. The van der Waals surface area contributed by atoms with Gasteiger partial charge in [-0.15, -0.1) is 23.4 Å². The van der Waals surface area contributed by atoms with E-state index >= 15 is 0 Å². The number of carbonyl (C=O) groups is 1. The maximum absolute atomic E-state index is 12.8. The Morgan fingerprint density at radius 3 is 2.31 bits per heavy atom. The average molecular weight is 486 g/mol. The normalized spacial score (nSPS) is 18.3. The summed E-state index contributed by atoms with van der Waals surface area (Å²) in [5.74, 6) is -0.0343. The molecule has 0 unspecified atom stereocenters. The molecule has 3 aromatic rings. The summed E-state index contributed by atoms with van der Waals surface area (Å²) in [6.45, 7) is 7.21. The van der Waals surface area contributed by atoms with Gasteiger partial charge < -0.3 is 19.7 Å². The Bertz CT molecular complexity index is 1170. The number of hydrogen-bond acceptors (Lipinski definition) is 6. The number of alkyl halides is 3. The van der Waals surface area contributed by atoms with Gasteiger partial charge in [0.25, 0.3) is 5.91 Å². The first-order valence-electron chi connectivity index (χ1n) is 11.1. The topological polar surface area (TPSA) is 76.6 Å². The molecule has 2 heterocycles. The molecular weight excluding hydrogens is 461 g/mol. The van der Waals surface area contributed by atoms with Crippen LogP contribution >= 0.6 is 0 Å². The molecule has 1 N–H and O–H groups in total. The van der Waals surface area contributed by atoms with Crippen LogP contribution in [0.1, 0.15) is 29.9 Å². The number of anilines is 2. The Kier molecular flexibility index (Phi) is 6.93. The summed E-state index contributed by atoms with van der Waals surface area (Å²) in [6.07, 6.45) is -4.60. The van der Waals surface area contributed by atoms with E-state index in [0.717, 1.165) is 11.1 Å². The van der Waals surface area contributed by atoms with Gasteiger partial charge in [0, 0.05) is 18.8 Å². The highest BCUT2D eigenvalue weighted by Crippen LogP contribution is 2.31. The fourth-order valence-corrected chi connectivity index (χ4v) is 4.09. The lowest BCUT2D eigenvalue weighted by Gasteiger charge is -2.35. The number of morpholine rings is 1. The van der Waals surface area contributed by atoms with Crippen molar-refractivity contribution in [2.75, 3.05) is 23.3 Å². The SMILES string of the molecule is Cc1c(NC(=O)c2ccc(N3C[C@@H](C)O[C@@H](C)C3)nn2)cccc1-c1ccc(OC(F)(F)F)cc1. The summed E-state index contributed by atoms with van der Waals surface area (Å²) in [4.78, 5) is 14.9. The van der Waals surface area contributed by atoms with E-state index in [1.54, 1.807) is 24.3 Å². The standard InChI is InChI=1S/C25H25F3N4O3/c1-15-13-32(14-16(2)34-15)23-12-11-22(30-31-23)24(33)29-21-6-4-5-20(17(21)3)18-7-9-19(10-8-18)35-25(26,27)28/h4-12,15-16H,13-14H2,1-3H3,(H,29,33)/t15-,16+. The molecular formula is C25H25F3N4O3.